The second kappa shape index (κ2) is 5.13. The molecule has 1 aromatic rings. The van der Waals surface area contributed by atoms with Crippen molar-refractivity contribution >= 4 is 11.7 Å². The van der Waals surface area contributed by atoms with Gasteiger partial charge in [-0.1, -0.05) is 6.42 Å². The first-order chi connectivity index (χ1) is 9.29. The van der Waals surface area contributed by atoms with E-state index >= 15 is 0 Å². The molecule has 1 aliphatic heterocycles. The molecule has 102 valence electrons. The van der Waals surface area contributed by atoms with Gasteiger partial charge in [0, 0.05) is 12.6 Å². The number of hydrogen-bond acceptors (Lipinski definition) is 5. The first-order valence-corrected chi connectivity index (χ1v) is 6.89. The van der Waals surface area contributed by atoms with Gasteiger partial charge in [0.15, 0.2) is 5.82 Å². The molecule has 0 spiro atoms. The molecule has 1 saturated carbocycles. The highest BCUT2D eigenvalue weighted by Crippen LogP contribution is 2.37. The number of carbonyl (C=O) groups excluding carboxylic acids is 1. The molecule has 3 N–H and O–H groups in total. The third-order valence-corrected chi connectivity index (χ3v) is 4.26. The number of aromatic nitrogens is 2. The van der Waals surface area contributed by atoms with Gasteiger partial charge < -0.3 is 10.3 Å². The van der Waals surface area contributed by atoms with Gasteiger partial charge in [-0.05, 0) is 31.6 Å². The molecule has 1 saturated heterocycles. The van der Waals surface area contributed by atoms with Crippen molar-refractivity contribution in [1.82, 2.24) is 14.9 Å². The second-order valence-corrected chi connectivity index (χ2v) is 5.33. The van der Waals surface area contributed by atoms with E-state index in [0.29, 0.717) is 23.5 Å². The number of nitrogen functional groups attached to an aromatic ring is 1. The van der Waals surface area contributed by atoms with Crippen molar-refractivity contribution in [2.75, 3.05) is 12.0 Å². The highest BCUT2D eigenvalue weighted by atomic mass is 16.2. The molecule has 1 aliphatic carbocycles. The first-order valence-electron chi connectivity index (χ1n) is 6.89. The predicted molar refractivity (Wildman–Crippen MR) is 71.2 cm³/mol. The molecule has 19 heavy (non-hydrogen) atoms. The molecular formula is C13H19N5O. The van der Waals surface area contributed by atoms with Gasteiger partial charge in [0.25, 0.3) is 5.91 Å². The van der Waals surface area contributed by atoms with Crippen molar-refractivity contribution in [3.63, 3.8) is 0 Å². The molecule has 6 heteroatoms. The van der Waals surface area contributed by atoms with Crippen LogP contribution in [0, 0.1) is 5.92 Å². The van der Waals surface area contributed by atoms with E-state index in [1.807, 2.05) is 4.90 Å². The Bertz CT molecular complexity index is 478. The van der Waals surface area contributed by atoms with Crippen LogP contribution in [-0.4, -0.2) is 33.4 Å². The van der Waals surface area contributed by atoms with Crippen molar-refractivity contribution in [1.29, 1.82) is 0 Å². The molecule has 1 amide bonds. The van der Waals surface area contributed by atoms with E-state index in [2.05, 4.69) is 15.4 Å². The van der Waals surface area contributed by atoms with Crippen LogP contribution in [0.4, 0.5) is 5.82 Å². The highest BCUT2D eigenvalue weighted by Gasteiger charge is 2.37. The topological polar surface area (TPSA) is 84.1 Å². The van der Waals surface area contributed by atoms with Crippen LogP contribution >= 0.6 is 0 Å². The number of hydrogen-bond donors (Lipinski definition) is 2. The van der Waals surface area contributed by atoms with Gasteiger partial charge in [-0.2, -0.15) is 0 Å². The zero-order valence-electron chi connectivity index (χ0n) is 10.9. The Hall–Kier alpha value is -1.69. The van der Waals surface area contributed by atoms with E-state index in [-0.39, 0.29) is 5.91 Å². The summed E-state index contributed by atoms with van der Waals surface area (Å²) in [5.41, 5.74) is 2.80. The lowest BCUT2D eigenvalue weighted by molar-refractivity contribution is 0.0542. The lowest BCUT2D eigenvalue weighted by Gasteiger charge is -2.37. The van der Waals surface area contributed by atoms with Crippen LogP contribution in [0.1, 0.15) is 42.6 Å². The lowest BCUT2D eigenvalue weighted by Crippen LogP contribution is -2.46. The normalized spacial score (nSPS) is 26.1. The summed E-state index contributed by atoms with van der Waals surface area (Å²) in [5.74, 6) is 6.40. The average Bonchev–Trinajstić information content (AvgIpc) is 2.95. The maximum atomic E-state index is 12.6. The molecular weight excluding hydrogens is 242 g/mol. The Balaban J connectivity index is 1.82. The molecule has 3 rings (SSSR count). The summed E-state index contributed by atoms with van der Waals surface area (Å²) in [6, 6.07) is 0.401. The number of piperidine rings is 1. The number of nitrogens with zero attached hydrogens (tertiary/aromatic N) is 3. The summed E-state index contributed by atoms with van der Waals surface area (Å²) in [5, 5.41) is 0. The van der Waals surface area contributed by atoms with Crippen molar-refractivity contribution in [2.45, 2.75) is 38.1 Å². The largest absolute Gasteiger partial charge is 0.334 e. The van der Waals surface area contributed by atoms with E-state index in [9.17, 15) is 4.79 Å². The minimum atomic E-state index is -0.0128. The minimum Gasteiger partial charge on any atom is -0.334 e. The SMILES string of the molecule is NNc1cncc(C(=O)N2CCCC3CCCC32)n1. The average molecular weight is 261 g/mol. The standard InChI is InChI=1S/C13H19N5O/c14-17-12-8-15-7-10(16-12)13(19)18-6-2-4-9-3-1-5-11(9)18/h7-9,11H,1-6,14H2,(H,16,17). The van der Waals surface area contributed by atoms with Gasteiger partial charge in [-0.3, -0.25) is 9.78 Å². The molecule has 0 radical (unpaired) electrons. The summed E-state index contributed by atoms with van der Waals surface area (Å²) in [6.45, 7) is 0.835. The molecule has 2 unspecified atom stereocenters. The fourth-order valence-electron chi connectivity index (χ4n) is 3.39. The highest BCUT2D eigenvalue weighted by molar-refractivity contribution is 5.92. The molecule has 2 aliphatic rings. The number of hydrazine groups is 1. The number of fused-ring (bicyclic) bond motifs is 1. The van der Waals surface area contributed by atoms with E-state index in [1.165, 1.54) is 31.7 Å². The number of nitrogens with one attached hydrogen (secondary N) is 1. The molecule has 0 aromatic carbocycles. The van der Waals surface area contributed by atoms with Gasteiger partial charge >= 0.3 is 0 Å². The van der Waals surface area contributed by atoms with Crippen LogP contribution in [0.5, 0.6) is 0 Å². The molecule has 2 atom stereocenters. The summed E-state index contributed by atoms with van der Waals surface area (Å²) in [4.78, 5) is 22.8. The quantitative estimate of drug-likeness (QED) is 0.616. The second-order valence-electron chi connectivity index (χ2n) is 5.33. The minimum absolute atomic E-state index is 0.0128. The van der Waals surface area contributed by atoms with Crippen LogP contribution in [0.15, 0.2) is 12.4 Å². The molecule has 2 fully saturated rings. The molecule has 0 bridgehead atoms. The molecule has 2 heterocycles. The van der Waals surface area contributed by atoms with Crippen molar-refractivity contribution < 1.29 is 4.79 Å². The van der Waals surface area contributed by atoms with Gasteiger partial charge in [-0.25, -0.2) is 10.8 Å². The summed E-state index contributed by atoms with van der Waals surface area (Å²) < 4.78 is 0. The zero-order valence-corrected chi connectivity index (χ0v) is 10.9. The number of rotatable bonds is 2. The van der Waals surface area contributed by atoms with Gasteiger partial charge in [-0.15, -0.1) is 0 Å². The number of anilines is 1. The summed E-state index contributed by atoms with van der Waals surface area (Å²) in [6.07, 6.45) is 8.98. The monoisotopic (exact) mass is 261 g/mol. The van der Waals surface area contributed by atoms with E-state index in [0.717, 1.165) is 19.4 Å². The van der Waals surface area contributed by atoms with Crippen LogP contribution in [0.3, 0.4) is 0 Å². The maximum absolute atomic E-state index is 12.6. The fraction of sp³-hybridized carbons (Fsp3) is 0.615. The fourth-order valence-corrected chi connectivity index (χ4v) is 3.39. The van der Waals surface area contributed by atoms with Crippen molar-refractivity contribution in [3.05, 3.63) is 18.1 Å². The van der Waals surface area contributed by atoms with Crippen LogP contribution in [0.2, 0.25) is 0 Å². The number of nitrogens with two attached hydrogens (primary N) is 1. The Kier molecular flexibility index (Phi) is 3.33. The number of likely N-dealkylation sites (tertiary alicyclic amines) is 1. The van der Waals surface area contributed by atoms with Crippen molar-refractivity contribution in [3.8, 4) is 0 Å². The van der Waals surface area contributed by atoms with E-state index in [4.69, 9.17) is 5.84 Å². The third kappa shape index (κ3) is 2.28. The Morgan fingerprint density at radius 3 is 3.00 bits per heavy atom. The van der Waals surface area contributed by atoms with Crippen molar-refractivity contribution in [2.24, 2.45) is 11.8 Å². The van der Waals surface area contributed by atoms with Gasteiger partial charge in [0.2, 0.25) is 0 Å². The van der Waals surface area contributed by atoms with Gasteiger partial charge in [0.05, 0.1) is 12.4 Å². The Morgan fingerprint density at radius 1 is 1.32 bits per heavy atom. The smallest absolute Gasteiger partial charge is 0.274 e. The number of amides is 1. The third-order valence-electron chi connectivity index (χ3n) is 4.26. The van der Waals surface area contributed by atoms with E-state index < -0.39 is 0 Å². The zero-order chi connectivity index (χ0) is 13.2. The maximum Gasteiger partial charge on any atom is 0.274 e. The van der Waals surface area contributed by atoms with Crippen LogP contribution in [0.25, 0.3) is 0 Å². The Morgan fingerprint density at radius 2 is 2.16 bits per heavy atom. The molecule has 1 aromatic heterocycles. The van der Waals surface area contributed by atoms with Crippen LogP contribution < -0.4 is 11.3 Å². The van der Waals surface area contributed by atoms with Crippen LogP contribution in [-0.2, 0) is 0 Å². The van der Waals surface area contributed by atoms with Gasteiger partial charge in [0.1, 0.15) is 5.69 Å². The number of carbonyl (C=O) groups is 1. The first kappa shape index (κ1) is 12.3. The lowest BCUT2D eigenvalue weighted by atomic mass is 9.92. The predicted octanol–water partition coefficient (Wildman–Crippen LogP) is 1.17. The summed E-state index contributed by atoms with van der Waals surface area (Å²) in [7, 11) is 0. The molecule has 6 nitrogen and oxygen atoms in total. The Labute approximate surface area is 112 Å². The van der Waals surface area contributed by atoms with E-state index in [1.54, 1.807) is 0 Å². The summed E-state index contributed by atoms with van der Waals surface area (Å²) >= 11 is 0.